The molecule has 0 unspecified atom stereocenters. The topological polar surface area (TPSA) is 71.5 Å². The third-order valence-electron chi connectivity index (χ3n) is 6.20. The van der Waals surface area contributed by atoms with Crippen molar-refractivity contribution in [3.63, 3.8) is 0 Å². The lowest BCUT2D eigenvalue weighted by molar-refractivity contribution is -0.126. The number of rotatable bonds is 2. The van der Waals surface area contributed by atoms with Gasteiger partial charge >= 0.3 is 0 Å². The normalized spacial score (nSPS) is 19.3. The van der Waals surface area contributed by atoms with Crippen LogP contribution in [0.2, 0.25) is 0 Å². The van der Waals surface area contributed by atoms with E-state index in [2.05, 4.69) is 28.5 Å². The molecule has 3 aliphatic rings. The fraction of sp³-hybridized carbons (Fsp3) is 0.375. The second kappa shape index (κ2) is 8.03. The predicted molar refractivity (Wildman–Crippen MR) is 116 cm³/mol. The van der Waals surface area contributed by atoms with Gasteiger partial charge in [0.15, 0.2) is 0 Å². The van der Waals surface area contributed by atoms with E-state index in [1.165, 1.54) is 0 Å². The molecule has 0 spiro atoms. The number of fused-ring (bicyclic) bond motifs is 2. The number of amides is 1. The minimum Gasteiger partial charge on any atom is -0.376 e. The largest absolute Gasteiger partial charge is 0.376 e. The molecule has 1 saturated carbocycles. The van der Waals surface area contributed by atoms with Crippen molar-refractivity contribution in [1.82, 2.24) is 4.98 Å². The number of hydrogen-bond donors (Lipinski definition) is 1. The second-order valence-corrected chi connectivity index (χ2v) is 8.18. The zero-order chi connectivity index (χ0) is 20.5. The number of carbonyl (C=O) groups excluding carboxylic acids is 2. The summed E-state index contributed by atoms with van der Waals surface area (Å²) in [6.45, 7) is 1.81. The average molecular weight is 403 g/mol. The van der Waals surface area contributed by atoms with Crippen LogP contribution < -0.4 is 10.2 Å². The van der Waals surface area contributed by atoms with Crippen LogP contribution in [0.4, 0.5) is 17.2 Å². The summed E-state index contributed by atoms with van der Waals surface area (Å²) in [6, 6.07) is 10.1. The van der Waals surface area contributed by atoms with Crippen molar-refractivity contribution in [2.75, 3.05) is 23.4 Å². The summed E-state index contributed by atoms with van der Waals surface area (Å²) in [5, 5.41) is 3.42. The number of benzene rings is 1. The molecule has 2 aromatic rings. The van der Waals surface area contributed by atoms with Gasteiger partial charge in [0.05, 0.1) is 31.1 Å². The van der Waals surface area contributed by atoms with Crippen LogP contribution in [-0.2, 0) is 20.9 Å². The average Bonchev–Trinajstić information content (AvgIpc) is 2.96. The Morgan fingerprint density at radius 2 is 2.07 bits per heavy atom. The molecule has 2 aliphatic heterocycles. The Kier molecular flexibility index (Phi) is 5.09. The van der Waals surface area contributed by atoms with E-state index in [9.17, 15) is 9.59 Å². The number of pyridine rings is 1. The molecule has 3 heterocycles. The smallest absolute Gasteiger partial charge is 0.230 e. The van der Waals surface area contributed by atoms with E-state index in [0.717, 1.165) is 46.9 Å². The molecule has 30 heavy (non-hydrogen) atoms. The molecule has 0 bridgehead atoms. The lowest BCUT2D eigenvalue weighted by atomic mass is 9.87. The maximum absolute atomic E-state index is 13.6. The quantitative estimate of drug-likeness (QED) is 0.812. The van der Waals surface area contributed by atoms with E-state index in [1.807, 2.05) is 23.1 Å². The predicted octanol–water partition coefficient (Wildman–Crippen LogP) is 4.23. The number of hydrogen-bond acceptors (Lipinski definition) is 5. The van der Waals surface area contributed by atoms with Crippen molar-refractivity contribution >= 4 is 34.5 Å². The minimum absolute atomic E-state index is 0.0910. The van der Waals surface area contributed by atoms with Crippen molar-refractivity contribution in [1.29, 1.82) is 0 Å². The van der Waals surface area contributed by atoms with Gasteiger partial charge in [0, 0.05) is 30.5 Å². The molecule has 1 aromatic heterocycles. The number of nitrogens with one attached hydrogen (secondary N) is 1. The number of anilines is 3. The summed E-state index contributed by atoms with van der Waals surface area (Å²) in [5.74, 6) is 1.02. The molecule has 0 saturated heterocycles. The lowest BCUT2D eigenvalue weighted by Crippen LogP contribution is -2.37. The molecule has 1 amide bonds. The van der Waals surface area contributed by atoms with Gasteiger partial charge in [-0.3, -0.25) is 9.59 Å². The van der Waals surface area contributed by atoms with E-state index < -0.39 is 0 Å². The first-order chi connectivity index (χ1) is 14.7. The van der Waals surface area contributed by atoms with Gasteiger partial charge in [-0.05, 0) is 48.6 Å². The van der Waals surface area contributed by atoms with Crippen LogP contribution in [0.25, 0.3) is 5.57 Å². The number of Topliss-reactive ketones (excluding diaryl/α,β-unsaturated/α-hetero) is 1. The summed E-state index contributed by atoms with van der Waals surface area (Å²) in [5.41, 5.74) is 4.94. The molecule has 5 rings (SSSR count). The summed E-state index contributed by atoms with van der Waals surface area (Å²) in [4.78, 5) is 31.6. The first kappa shape index (κ1) is 19.0. The Morgan fingerprint density at radius 1 is 1.20 bits per heavy atom. The molecule has 1 aromatic carbocycles. The summed E-state index contributed by atoms with van der Waals surface area (Å²) in [7, 11) is 0. The SMILES string of the molecule is O=C1CCC(C(=O)N2Cc3cccnc3Nc3ccc(C4=CCCOC4)cc32)CC1. The van der Waals surface area contributed by atoms with E-state index >= 15 is 0 Å². The van der Waals surface area contributed by atoms with Crippen molar-refractivity contribution in [2.24, 2.45) is 5.92 Å². The van der Waals surface area contributed by atoms with Crippen LogP contribution in [0.5, 0.6) is 0 Å². The van der Waals surface area contributed by atoms with E-state index in [-0.39, 0.29) is 17.6 Å². The van der Waals surface area contributed by atoms with Gasteiger partial charge in [-0.15, -0.1) is 0 Å². The second-order valence-electron chi connectivity index (χ2n) is 8.18. The maximum Gasteiger partial charge on any atom is 0.230 e. The van der Waals surface area contributed by atoms with Crippen LogP contribution in [-0.4, -0.2) is 29.9 Å². The Morgan fingerprint density at radius 3 is 2.87 bits per heavy atom. The molecule has 154 valence electrons. The Balaban J connectivity index is 1.55. The van der Waals surface area contributed by atoms with Gasteiger partial charge in [-0.1, -0.05) is 18.2 Å². The van der Waals surface area contributed by atoms with E-state index in [0.29, 0.717) is 38.8 Å². The highest BCUT2D eigenvalue weighted by atomic mass is 16.5. The Labute approximate surface area is 175 Å². The molecule has 1 N–H and O–H groups in total. The monoisotopic (exact) mass is 403 g/mol. The number of ether oxygens (including phenoxy) is 1. The first-order valence-corrected chi connectivity index (χ1v) is 10.6. The fourth-order valence-corrected chi connectivity index (χ4v) is 4.48. The van der Waals surface area contributed by atoms with E-state index in [1.54, 1.807) is 6.20 Å². The molecular weight excluding hydrogens is 378 g/mol. The molecule has 6 heteroatoms. The molecule has 6 nitrogen and oxygen atoms in total. The molecular formula is C24H25N3O3. The van der Waals surface area contributed by atoms with Crippen molar-refractivity contribution in [3.05, 3.63) is 53.7 Å². The first-order valence-electron chi connectivity index (χ1n) is 10.6. The lowest BCUT2D eigenvalue weighted by Gasteiger charge is -2.29. The minimum atomic E-state index is -0.116. The maximum atomic E-state index is 13.6. The Bertz CT molecular complexity index is 1020. The van der Waals surface area contributed by atoms with Crippen molar-refractivity contribution in [2.45, 2.75) is 38.6 Å². The van der Waals surface area contributed by atoms with Gasteiger partial charge in [0.2, 0.25) is 5.91 Å². The van der Waals surface area contributed by atoms with Crippen molar-refractivity contribution in [3.8, 4) is 0 Å². The zero-order valence-corrected chi connectivity index (χ0v) is 16.9. The van der Waals surface area contributed by atoms with Gasteiger partial charge in [0.1, 0.15) is 11.6 Å². The fourth-order valence-electron chi connectivity index (χ4n) is 4.48. The summed E-state index contributed by atoms with van der Waals surface area (Å²) < 4.78 is 5.63. The van der Waals surface area contributed by atoms with E-state index in [4.69, 9.17) is 4.74 Å². The van der Waals surface area contributed by atoms with Crippen LogP contribution >= 0.6 is 0 Å². The third kappa shape index (κ3) is 3.63. The van der Waals surface area contributed by atoms with Gasteiger partial charge in [-0.2, -0.15) is 0 Å². The Hall–Kier alpha value is -2.99. The van der Waals surface area contributed by atoms with Gasteiger partial charge in [-0.25, -0.2) is 4.98 Å². The number of nitrogens with zero attached hydrogens (tertiary/aromatic N) is 2. The van der Waals surface area contributed by atoms with Gasteiger partial charge < -0.3 is 15.0 Å². The highest BCUT2D eigenvalue weighted by Crippen LogP contribution is 2.39. The number of carbonyl (C=O) groups is 2. The molecule has 0 radical (unpaired) electrons. The third-order valence-corrected chi connectivity index (χ3v) is 6.20. The van der Waals surface area contributed by atoms with Crippen LogP contribution in [0, 0.1) is 5.92 Å². The standard InChI is InChI=1S/C24H25N3O3/c28-20-8-5-16(6-9-20)24(29)27-14-18-3-1-11-25-23(18)26-21-10-7-17(13-22(21)27)19-4-2-12-30-15-19/h1,3-4,7,10-11,13,16H,2,5-6,8-9,12,14-15H2,(H,25,26). The number of aromatic nitrogens is 1. The van der Waals surface area contributed by atoms with Gasteiger partial charge in [0.25, 0.3) is 0 Å². The highest BCUT2D eigenvalue weighted by molar-refractivity contribution is 6.01. The summed E-state index contributed by atoms with van der Waals surface area (Å²) >= 11 is 0. The van der Waals surface area contributed by atoms with Crippen molar-refractivity contribution < 1.29 is 14.3 Å². The number of ketones is 1. The summed E-state index contributed by atoms with van der Waals surface area (Å²) in [6.07, 6.45) is 7.14. The molecule has 1 aliphatic carbocycles. The van der Waals surface area contributed by atoms with Crippen LogP contribution in [0.3, 0.4) is 0 Å². The molecule has 0 atom stereocenters. The van der Waals surface area contributed by atoms with Crippen LogP contribution in [0.1, 0.15) is 43.2 Å². The molecule has 1 fully saturated rings. The van der Waals surface area contributed by atoms with Crippen LogP contribution in [0.15, 0.2) is 42.6 Å². The highest BCUT2D eigenvalue weighted by Gasteiger charge is 2.32. The zero-order valence-electron chi connectivity index (χ0n) is 16.9.